The number of fused-ring (bicyclic) bond motifs is 5. The van der Waals surface area contributed by atoms with E-state index in [4.69, 9.17) is 15.5 Å². The van der Waals surface area contributed by atoms with E-state index >= 15 is 0 Å². The minimum Gasteiger partial charge on any atom is -0.458 e. The van der Waals surface area contributed by atoms with E-state index in [0.29, 0.717) is 35.6 Å². The van der Waals surface area contributed by atoms with Crippen molar-refractivity contribution in [3.05, 3.63) is 56.4 Å². The first-order valence-electron chi connectivity index (χ1n) is 10.5. The van der Waals surface area contributed by atoms with Crippen molar-refractivity contribution in [3.63, 3.8) is 0 Å². The first-order chi connectivity index (χ1) is 14.8. The molecule has 1 aromatic carbocycles. The van der Waals surface area contributed by atoms with E-state index < -0.39 is 11.6 Å². The first-order valence-corrected chi connectivity index (χ1v) is 10.5. The molecule has 0 bridgehead atoms. The number of aromatic nitrogens is 2. The Balaban J connectivity index is 0.00000216. The summed E-state index contributed by atoms with van der Waals surface area (Å²) >= 11 is 0. The third-order valence-corrected chi connectivity index (χ3v) is 6.98. The third-order valence-electron chi connectivity index (χ3n) is 6.98. The van der Waals surface area contributed by atoms with E-state index in [9.17, 15) is 14.7 Å². The van der Waals surface area contributed by atoms with Crippen molar-refractivity contribution in [2.24, 2.45) is 5.73 Å². The number of nitrogens with zero attached hydrogens (tertiary/aromatic N) is 2. The molecule has 166 valence electrons. The zero-order valence-corrected chi connectivity index (χ0v) is 18.5. The Hall–Kier alpha value is -2.94. The van der Waals surface area contributed by atoms with Gasteiger partial charge in [0.15, 0.2) is 5.60 Å². The van der Waals surface area contributed by atoms with Gasteiger partial charge in [-0.2, -0.15) is 0 Å². The molecule has 2 atom stereocenters. The molecule has 9 heteroatoms. The van der Waals surface area contributed by atoms with Crippen molar-refractivity contribution in [3.8, 4) is 11.4 Å². The summed E-state index contributed by atoms with van der Waals surface area (Å²) in [6.45, 7) is 4.56. The summed E-state index contributed by atoms with van der Waals surface area (Å²) < 4.78 is 6.80. The van der Waals surface area contributed by atoms with Crippen molar-refractivity contribution in [2.45, 2.75) is 45.1 Å². The van der Waals surface area contributed by atoms with Gasteiger partial charge in [-0.1, -0.05) is 13.0 Å². The molecule has 3 aromatic rings. The Bertz CT molecular complexity index is 1400. The monoisotopic (exact) mass is 454 g/mol. The molecule has 5 heterocycles. The van der Waals surface area contributed by atoms with Crippen LogP contribution in [0.15, 0.2) is 23.0 Å². The summed E-state index contributed by atoms with van der Waals surface area (Å²) in [5.41, 5.74) is 11.3. The molecule has 2 aromatic heterocycles. The number of halogens is 1. The minimum absolute atomic E-state index is 0. The fourth-order valence-corrected chi connectivity index (χ4v) is 5.26. The first kappa shape index (κ1) is 20.9. The molecule has 3 aliphatic heterocycles. The van der Waals surface area contributed by atoms with Crippen LogP contribution >= 0.6 is 12.4 Å². The summed E-state index contributed by atoms with van der Waals surface area (Å²) in [6.07, 6.45) is 0.115. The van der Waals surface area contributed by atoms with Crippen LogP contribution in [0.1, 0.15) is 47.2 Å². The molecular weight excluding hydrogens is 432 g/mol. The Morgan fingerprint density at radius 3 is 2.88 bits per heavy atom. The fourth-order valence-electron chi connectivity index (χ4n) is 5.26. The molecule has 1 unspecified atom stereocenters. The SMILES string of the molecule is CC[C@@]1(O)C(=O)OCc2c1cc1n(c2=O)Cc2c-1nc1ccc(C)c3c1c2C(N)CN3.Cl. The number of nitrogens with two attached hydrogens (primary N) is 1. The average molecular weight is 455 g/mol. The number of rotatable bonds is 1. The van der Waals surface area contributed by atoms with E-state index in [1.807, 2.05) is 19.1 Å². The zero-order valence-electron chi connectivity index (χ0n) is 17.7. The molecule has 0 saturated heterocycles. The van der Waals surface area contributed by atoms with Crippen LogP contribution < -0.4 is 16.6 Å². The fraction of sp³-hybridized carbons (Fsp3) is 0.348. The van der Waals surface area contributed by atoms with E-state index in [0.717, 1.165) is 33.3 Å². The minimum atomic E-state index is -1.83. The maximum absolute atomic E-state index is 13.4. The zero-order chi connectivity index (χ0) is 21.7. The molecule has 0 fully saturated rings. The number of esters is 1. The van der Waals surface area contributed by atoms with Crippen LogP contribution in [-0.2, 0) is 28.3 Å². The van der Waals surface area contributed by atoms with Crippen molar-refractivity contribution in [2.75, 3.05) is 11.9 Å². The van der Waals surface area contributed by atoms with E-state index in [1.54, 1.807) is 17.6 Å². The molecule has 0 amide bonds. The molecule has 32 heavy (non-hydrogen) atoms. The summed E-state index contributed by atoms with van der Waals surface area (Å²) in [5.74, 6) is -0.722. The number of benzene rings is 1. The van der Waals surface area contributed by atoms with Gasteiger partial charge in [0.1, 0.15) is 6.61 Å². The molecule has 0 aliphatic carbocycles. The summed E-state index contributed by atoms with van der Waals surface area (Å²) in [7, 11) is 0. The number of carbonyl (C=O) groups is 1. The molecular formula is C23H23ClN4O4. The number of hydrogen-bond donors (Lipinski definition) is 3. The quantitative estimate of drug-likeness (QED) is 0.377. The third kappa shape index (κ3) is 2.42. The number of cyclic esters (lactones) is 1. The number of aliphatic hydroxyl groups is 1. The van der Waals surface area contributed by atoms with E-state index in [-0.39, 0.29) is 37.0 Å². The lowest BCUT2D eigenvalue weighted by molar-refractivity contribution is -0.172. The molecule has 0 spiro atoms. The predicted molar refractivity (Wildman–Crippen MR) is 122 cm³/mol. The van der Waals surface area contributed by atoms with Gasteiger partial charge in [-0.25, -0.2) is 9.78 Å². The largest absolute Gasteiger partial charge is 0.458 e. The lowest BCUT2D eigenvalue weighted by Gasteiger charge is -2.31. The summed E-state index contributed by atoms with van der Waals surface area (Å²) in [5, 5.41) is 15.4. The van der Waals surface area contributed by atoms with Gasteiger partial charge in [0.2, 0.25) is 0 Å². The number of aryl methyl sites for hydroxylation is 1. The van der Waals surface area contributed by atoms with Crippen LogP contribution in [0.5, 0.6) is 0 Å². The Morgan fingerprint density at radius 1 is 1.34 bits per heavy atom. The van der Waals surface area contributed by atoms with Gasteiger partial charge in [0.05, 0.1) is 29.0 Å². The van der Waals surface area contributed by atoms with Crippen LogP contribution in [0.3, 0.4) is 0 Å². The molecule has 8 nitrogen and oxygen atoms in total. The standard InChI is InChI=1S/C23H22N4O4.ClH/c1-3-23(30)13-6-16-20-11(8-27(16)21(28)12(13)9-31-22(23)29)17-14(24)7-25-19-10(2)4-5-15(26-20)18(17)19;/h4-6,14,25,30H,3,7-9,24H2,1-2H3;1H/t14?,23-;/m0./s1. The summed E-state index contributed by atoms with van der Waals surface area (Å²) in [4.78, 5) is 30.6. The van der Waals surface area contributed by atoms with Crippen LogP contribution in [0.4, 0.5) is 5.69 Å². The lowest BCUT2D eigenvalue weighted by atomic mass is 9.85. The maximum Gasteiger partial charge on any atom is 0.343 e. The Morgan fingerprint density at radius 2 is 2.12 bits per heavy atom. The van der Waals surface area contributed by atoms with Gasteiger partial charge in [-0.3, -0.25) is 4.79 Å². The number of ether oxygens (including phenoxy) is 1. The van der Waals surface area contributed by atoms with Gasteiger partial charge in [0, 0.05) is 34.8 Å². The van der Waals surface area contributed by atoms with Gasteiger partial charge in [0.25, 0.3) is 5.56 Å². The predicted octanol–water partition coefficient (Wildman–Crippen LogP) is 2.24. The van der Waals surface area contributed by atoms with Gasteiger partial charge >= 0.3 is 5.97 Å². The highest BCUT2D eigenvalue weighted by Crippen LogP contribution is 2.44. The highest BCUT2D eigenvalue weighted by Gasteiger charge is 2.45. The second-order valence-corrected chi connectivity index (χ2v) is 8.59. The lowest BCUT2D eigenvalue weighted by Crippen LogP contribution is -2.44. The second kappa shape index (κ2) is 6.78. The van der Waals surface area contributed by atoms with Gasteiger partial charge in [-0.05, 0) is 36.6 Å². The van der Waals surface area contributed by atoms with Crippen LogP contribution in [0.25, 0.3) is 22.3 Å². The second-order valence-electron chi connectivity index (χ2n) is 8.59. The van der Waals surface area contributed by atoms with Crippen LogP contribution in [-0.4, -0.2) is 27.2 Å². The molecule has 3 aliphatic rings. The van der Waals surface area contributed by atoms with Gasteiger partial charge in [-0.15, -0.1) is 12.4 Å². The van der Waals surface area contributed by atoms with Crippen molar-refractivity contribution < 1.29 is 14.6 Å². The number of anilines is 1. The Kier molecular flexibility index (Phi) is 4.43. The summed E-state index contributed by atoms with van der Waals surface area (Å²) in [6, 6.07) is 5.49. The van der Waals surface area contributed by atoms with E-state index in [1.165, 1.54) is 0 Å². The number of carbonyl (C=O) groups excluding carboxylic acids is 1. The maximum atomic E-state index is 13.4. The molecule has 4 N–H and O–H groups in total. The smallest absolute Gasteiger partial charge is 0.343 e. The van der Waals surface area contributed by atoms with Crippen LogP contribution in [0, 0.1) is 6.92 Å². The van der Waals surface area contributed by atoms with Gasteiger partial charge < -0.3 is 25.5 Å². The van der Waals surface area contributed by atoms with Crippen molar-refractivity contribution >= 4 is 35.0 Å². The molecule has 0 saturated carbocycles. The van der Waals surface area contributed by atoms with Crippen molar-refractivity contribution in [1.29, 1.82) is 0 Å². The average Bonchev–Trinajstić information content (AvgIpc) is 3.13. The number of nitrogens with one attached hydrogen (secondary N) is 1. The topological polar surface area (TPSA) is 119 Å². The van der Waals surface area contributed by atoms with Crippen molar-refractivity contribution in [1.82, 2.24) is 9.55 Å². The number of pyridine rings is 2. The normalized spacial score (nSPS) is 22.4. The molecule has 6 rings (SSSR count). The highest BCUT2D eigenvalue weighted by molar-refractivity contribution is 6.00. The Labute approximate surface area is 189 Å². The molecule has 0 radical (unpaired) electrons. The van der Waals surface area contributed by atoms with E-state index in [2.05, 4.69) is 5.32 Å². The highest BCUT2D eigenvalue weighted by atomic mass is 35.5. The van der Waals surface area contributed by atoms with Crippen LogP contribution in [0.2, 0.25) is 0 Å². The number of hydrogen-bond acceptors (Lipinski definition) is 7.